The summed E-state index contributed by atoms with van der Waals surface area (Å²) in [5.74, 6) is 0.212. The molecular formula is C24H20F3N3O2. The zero-order chi connectivity index (χ0) is 23.1. The number of hydrogen-bond donors (Lipinski definition) is 1. The number of halogens is 3. The maximum absolute atomic E-state index is 13.4. The van der Waals surface area contributed by atoms with Crippen molar-refractivity contribution in [3.05, 3.63) is 89.5 Å². The maximum atomic E-state index is 13.4. The number of ether oxygens (including phenoxy) is 1. The van der Waals surface area contributed by atoms with Crippen LogP contribution >= 0.6 is 0 Å². The Balaban J connectivity index is 1.89. The molecule has 0 saturated heterocycles. The van der Waals surface area contributed by atoms with Crippen molar-refractivity contribution in [3.8, 4) is 16.9 Å². The average molecular weight is 439 g/mol. The van der Waals surface area contributed by atoms with Crippen LogP contribution in [0.2, 0.25) is 0 Å². The lowest BCUT2D eigenvalue weighted by Gasteiger charge is -2.27. The molecule has 3 aromatic carbocycles. The molecule has 2 N–H and O–H groups in total. The molecule has 8 heteroatoms. The SMILES string of the molecule is COc1cccc(-c2cccc([C@]3(c4ccc(C(F)(F)F)cc4)N=C(N)N(C)C3=O)c2)c1. The molecule has 164 valence electrons. The van der Waals surface area contributed by atoms with Gasteiger partial charge in [0.2, 0.25) is 0 Å². The monoisotopic (exact) mass is 439 g/mol. The van der Waals surface area contributed by atoms with Crippen molar-refractivity contribution in [1.29, 1.82) is 0 Å². The van der Waals surface area contributed by atoms with Gasteiger partial charge in [-0.2, -0.15) is 13.2 Å². The first-order valence-corrected chi connectivity index (χ1v) is 9.73. The Morgan fingerprint density at radius 1 is 0.938 bits per heavy atom. The van der Waals surface area contributed by atoms with E-state index in [1.54, 1.807) is 25.3 Å². The van der Waals surface area contributed by atoms with Gasteiger partial charge in [-0.3, -0.25) is 9.69 Å². The third kappa shape index (κ3) is 3.47. The van der Waals surface area contributed by atoms with Crippen LogP contribution in [-0.4, -0.2) is 30.9 Å². The second-order valence-electron chi connectivity index (χ2n) is 7.43. The van der Waals surface area contributed by atoms with Gasteiger partial charge in [0, 0.05) is 7.05 Å². The summed E-state index contributed by atoms with van der Waals surface area (Å²) in [6.07, 6.45) is -4.49. The molecule has 4 rings (SSSR count). The van der Waals surface area contributed by atoms with Gasteiger partial charge in [0.1, 0.15) is 5.75 Å². The van der Waals surface area contributed by atoms with Crippen LogP contribution in [0, 0.1) is 0 Å². The number of nitrogens with two attached hydrogens (primary N) is 1. The fourth-order valence-corrected chi connectivity index (χ4v) is 3.81. The molecule has 1 atom stereocenters. The number of carbonyl (C=O) groups is 1. The van der Waals surface area contributed by atoms with Gasteiger partial charge < -0.3 is 10.5 Å². The van der Waals surface area contributed by atoms with E-state index in [4.69, 9.17) is 10.5 Å². The Labute approximate surface area is 182 Å². The zero-order valence-corrected chi connectivity index (χ0v) is 17.4. The molecule has 1 aliphatic heterocycles. The second-order valence-corrected chi connectivity index (χ2v) is 7.43. The highest BCUT2D eigenvalue weighted by Crippen LogP contribution is 2.41. The summed E-state index contributed by atoms with van der Waals surface area (Å²) in [6.45, 7) is 0. The van der Waals surface area contributed by atoms with Gasteiger partial charge in [-0.05, 0) is 52.6 Å². The molecule has 3 aromatic rings. The van der Waals surface area contributed by atoms with Crippen molar-refractivity contribution in [2.24, 2.45) is 10.7 Å². The number of nitrogens with zero attached hydrogens (tertiary/aromatic N) is 2. The lowest BCUT2D eigenvalue weighted by molar-refractivity contribution is -0.137. The van der Waals surface area contributed by atoms with E-state index in [0.717, 1.165) is 23.3 Å². The van der Waals surface area contributed by atoms with Crippen LogP contribution in [0.3, 0.4) is 0 Å². The van der Waals surface area contributed by atoms with E-state index >= 15 is 0 Å². The van der Waals surface area contributed by atoms with Crippen LogP contribution in [0.5, 0.6) is 5.75 Å². The highest BCUT2D eigenvalue weighted by atomic mass is 19.4. The molecule has 1 amide bonds. The van der Waals surface area contributed by atoms with Gasteiger partial charge in [-0.15, -0.1) is 0 Å². The number of guanidine groups is 1. The highest BCUT2D eigenvalue weighted by Gasteiger charge is 2.49. The summed E-state index contributed by atoms with van der Waals surface area (Å²) in [6, 6.07) is 19.0. The lowest BCUT2D eigenvalue weighted by Crippen LogP contribution is -2.41. The van der Waals surface area contributed by atoms with Gasteiger partial charge in [0.15, 0.2) is 11.5 Å². The number of methoxy groups -OCH3 is 1. The van der Waals surface area contributed by atoms with Crippen molar-refractivity contribution < 1.29 is 22.7 Å². The molecule has 5 nitrogen and oxygen atoms in total. The van der Waals surface area contributed by atoms with Crippen molar-refractivity contribution in [2.45, 2.75) is 11.7 Å². The first kappa shape index (κ1) is 21.4. The molecule has 0 aliphatic carbocycles. The van der Waals surface area contributed by atoms with Crippen molar-refractivity contribution in [1.82, 2.24) is 4.90 Å². The number of amides is 1. The number of alkyl halides is 3. The fourth-order valence-electron chi connectivity index (χ4n) is 3.81. The molecule has 0 saturated carbocycles. The van der Waals surface area contributed by atoms with E-state index in [-0.39, 0.29) is 5.96 Å². The smallest absolute Gasteiger partial charge is 0.416 e. The fraction of sp³-hybridized carbons (Fsp3) is 0.167. The van der Waals surface area contributed by atoms with Gasteiger partial charge in [0.05, 0.1) is 12.7 Å². The molecule has 0 radical (unpaired) electrons. The minimum Gasteiger partial charge on any atom is -0.497 e. The first-order valence-electron chi connectivity index (χ1n) is 9.73. The summed E-state index contributed by atoms with van der Waals surface area (Å²) in [4.78, 5) is 19.0. The van der Waals surface area contributed by atoms with Crippen LogP contribution < -0.4 is 10.5 Å². The first-order chi connectivity index (χ1) is 15.2. The molecule has 0 unspecified atom stereocenters. The Morgan fingerprint density at radius 2 is 1.56 bits per heavy atom. The van der Waals surface area contributed by atoms with Crippen LogP contribution in [0.1, 0.15) is 16.7 Å². The van der Waals surface area contributed by atoms with Gasteiger partial charge in [-0.25, -0.2) is 4.99 Å². The third-order valence-corrected chi connectivity index (χ3v) is 5.55. The van der Waals surface area contributed by atoms with E-state index < -0.39 is 23.2 Å². The van der Waals surface area contributed by atoms with Crippen LogP contribution in [0.4, 0.5) is 13.2 Å². The predicted molar refractivity (Wildman–Crippen MR) is 115 cm³/mol. The van der Waals surface area contributed by atoms with Crippen molar-refractivity contribution >= 4 is 11.9 Å². The molecular weight excluding hydrogens is 419 g/mol. The number of hydrogen-bond acceptors (Lipinski definition) is 4. The number of aliphatic imine (C=N–C) groups is 1. The minimum atomic E-state index is -4.49. The normalized spacial score (nSPS) is 18.6. The number of rotatable bonds is 4. The van der Waals surface area contributed by atoms with Crippen LogP contribution in [-0.2, 0) is 16.5 Å². The maximum Gasteiger partial charge on any atom is 0.416 e. The predicted octanol–water partition coefficient (Wildman–Crippen LogP) is 4.41. The standard InChI is InChI=1S/C24H20F3N3O2/c1-30-21(31)23(29-22(30)28,17-9-11-18(12-10-17)24(25,26)27)19-7-3-5-15(13-19)16-6-4-8-20(14-16)32-2/h3-14H,1-2H3,(H2,28,29)/t23-/m0/s1. The topological polar surface area (TPSA) is 67.9 Å². The molecule has 0 bridgehead atoms. The largest absolute Gasteiger partial charge is 0.497 e. The summed E-state index contributed by atoms with van der Waals surface area (Å²) in [7, 11) is 3.05. The van der Waals surface area contributed by atoms with Gasteiger partial charge >= 0.3 is 6.18 Å². The number of likely N-dealkylation sites (N-methyl/N-ethyl adjacent to an activating group) is 1. The van der Waals surface area contributed by atoms with Crippen molar-refractivity contribution in [2.75, 3.05) is 14.2 Å². The number of carbonyl (C=O) groups excluding carboxylic acids is 1. The molecule has 0 fully saturated rings. The zero-order valence-electron chi connectivity index (χ0n) is 17.4. The summed E-state index contributed by atoms with van der Waals surface area (Å²) in [5.41, 5.74) is 6.01. The molecule has 32 heavy (non-hydrogen) atoms. The summed E-state index contributed by atoms with van der Waals surface area (Å²) >= 11 is 0. The quantitative estimate of drug-likeness (QED) is 0.655. The lowest BCUT2D eigenvalue weighted by atomic mass is 9.81. The molecule has 1 aliphatic rings. The van der Waals surface area contributed by atoms with Crippen LogP contribution in [0.25, 0.3) is 11.1 Å². The highest BCUT2D eigenvalue weighted by molar-refractivity contribution is 6.09. The second kappa shape index (κ2) is 7.71. The van der Waals surface area contributed by atoms with E-state index in [1.165, 1.54) is 24.1 Å². The molecule has 0 spiro atoms. The minimum absolute atomic E-state index is 0.0123. The summed E-state index contributed by atoms with van der Waals surface area (Å²) < 4.78 is 44.5. The van der Waals surface area contributed by atoms with E-state index in [9.17, 15) is 18.0 Å². The third-order valence-electron chi connectivity index (χ3n) is 5.55. The number of benzene rings is 3. The van der Waals surface area contributed by atoms with E-state index in [1.807, 2.05) is 30.3 Å². The van der Waals surface area contributed by atoms with E-state index in [2.05, 4.69) is 4.99 Å². The van der Waals surface area contributed by atoms with Crippen LogP contribution in [0.15, 0.2) is 77.8 Å². The Kier molecular flexibility index (Phi) is 5.16. The Bertz CT molecular complexity index is 1210. The van der Waals surface area contributed by atoms with Gasteiger partial charge in [0.25, 0.3) is 5.91 Å². The Hall–Kier alpha value is -3.81. The van der Waals surface area contributed by atoms with Gasteiger partial charge in [-0.1, -0.05) is 42.5 Å². The molecule has 0 aromatic heterocycles. The summed E-state index contributed by atoms with van der Waals surface area (Å²) in [5, 5.41) is 0. The van der Waals surface area contributed by atoms with Crippen molar-refractivity contribution in [3.63, 3.8) is 0 Å². The Morgan fingerprint density at radius 3 is 2.12 bits per heavy atom. The average Bonchev–Trinajstić information content (AvgIpc) is 3.03. The molecule has 1 heterocycles. The van der Waals surface area contributed by atoms with E-state index in [0.29, 0.717) is 16.9 Å².